The Kier molecular flexibility index (Phi) is 4.15. The van der Waals surface area contributed by atoms with Crippen LogP contribution in [-0.2, 0) is 0 Å². The van der Waals surface area contributed by atoms with Crippen molar-refractivity contribution in [3.63, 3.8) is 0 Å². The first-order valence-electron chi connectivity index (χ1n) is 11.1. The highest BCUT2D eigenvalue weighted by molar-refractivity contribution is 6.04. The molecule has 30 heavy (non-hydrogen) atoms. The highest BCUT2D eigenvalue weighted by Gasteiger charge is 2.53. The molecule has 0 saturated heterocycles. The summed E-state index contributed by atoms with van der Waals surface area (Å²) in [4.78, 5) is 12.9. The monoisotopic (exact) mass is 394 g/mol. The second-order valence-corrected chi connectivity index (χ2v) is 9.09. The maximum absolute atomic E-state index is 12.9. The van der Waals surface area contributed by atoms with Gasteiger partial charge in [-0.25, -0.2) is 0 Å². The van der Waals surface area contributed by atoms with E-state index in [0.717, 1.165) is 23.1 Å². The summed E-state index contributed by atoms with van der Waals surface area (Å²) < 4.78 is 0. The minimum Gasteiger partial charge on any atom is -0.378 e. The molecule has 3 aromatic carbocycles. The second-order valence-electron chi connectivity index (χ2n) is 9.09. The first-order valence-corrected chi connectivity index (χ1v) is 11.1. The number of amides is 1. The van der Waals surface area contributed by atoms with Crippen LogP contribution >= 0.6 is 0 Å². The molecular weight excluding hydrogens is 368 g/mol. The number of hydrogen-bond donors (Lipinski definition) is 2. The molecule has 1 aliphatic heterocycles. The highest BCUT2D eigenvalue weighted by Crippen LogP contribution is 2.63. The van der Waals surface area contributed by atoms with Gasteiger partial charge < -0.3 is 10.6 Å². The van der Waals surface area contributed by atoms with Crippen LogP contribution in [0.25, 0.3) is 0 Å². The maximum Gasteiger partial charge on any atom is 0.255 e. The van der Waals surface area contributed by atoms with E-state index in [2.05, 4.69) is 53.1 Å². The van der Waals surface area contributed by atoms with E-state index in [9.17, 15) is 4.79 Å². The molecule has 2 N–H and O–H groups in total. The highest BCUT2D eigenvalue weighted by atomic mass is 16.1. The van der Waals surface area contributed by atoms with Crippen LogP contribution in [0.4, 0.5) is 11.4 Å². The zero-order chi connectivity index (χ0) is 20.1. The van der Waals surface area contributed by atoms with Crippen molar-refractivity contribution in [2.75, 3.05) is 10.6 Å². The van der Waals surface area contributed by atoms with Crippen molar-refractivity contribution in [3.05, 3.63) is 95.6 Å². The standard InChI is InChI=1S/C27H26N2O/c30-27(28-21-9-5-2-6-10-21)20-13-14-23-22(16-20)24-18-11-12-19(15-18)25(24)26(29-23)17-7-3-1-4-8-17/h1-10,13-14,16,18-19,24-26,29H,11-12,15H2,(H,28,30)/t18-,19-,24-,25-,26-/m0/s1. The van der Waals surface area contributed by atoms with E-state index in [-0.39, 0.29) is 5.91 Å². The smallest absolute Gasteiger partial charge is 0.255 e. The Balaban J connectivity index is 1.36. The zero-order valence-electron chi connectivity index (χ0n) is 16.9. The third-order valence-electron chi connectivity index (χ3n) is 7.54. The molecule has 6 rings (SSSR count). The number of para-hydroxylation sites is 1. The lowest BCUT2D eigenvalue weighted by molar-refractivity contribution is 0.102. The van der Waals surface area contributed by atoms with Gasteiger partial charge in [-0.1, -0.05) is 48.5 Å². The molecule has 0 aromatic heterocycles. The van der Waals surface area contributed by atoms with E-state index in [1.54, 1.807) is 0 Å². The Morgan fingerprint density at radius 1 is 0.867 bits per heavy atom. The lowest BCUT2D eigenvalue weighted by atomic mass is 9.68. The molecule has 5 atom stereocenters. The summed E-state index contributed by atoms with van der Waals surface area (Å²) in [5.41, 5.74) is 5.52. The van der Waals surface area contributed by atoms with Gasteiger partial charge in [-0.15, -0.1) is 0 Å². The molecule has 0 spiro atoms. The minimum absolute atomic E-state index is 0.0334. The van der Waals surface area contributed by atoms with Crippen molar-refractivity contribution < 1.29 is 4.79 Å². The van der Waals surface area contributed by atoms with Crippen LogP contribution in [0.15, 0.2) is 78.9 Å². The Morgan fingerprint density at radius 2 is 1.60 bits per heavy atom. The first kappa shape index (κ1) is 17.8. The Labute approximate surface area is 177 Å². The van der Waals surface area contributed by atoms with E-state index < -0.39 is 0 Å². The van der Waals surface area contributed by atoms with Gasteiger partial charge in [-0.05, 0) is 84.4 Å². The number of rotatable bonds is 3. The third kappa shape index (κ3) is 2.84. The Morgan fingerprint density at radius 3 is 2.40 bits per heavy atom. The van der Waals surface area contributed by atoms with Crippen molar-refractivity contribution in [2.24, 2.45) is 17.8 Å². The molecule has 1 heterocycles. The molecule has 2 bridgehead atoms. The summed E-state index contributed by atoms with van der Waals surface area (Å²) in [6.07, 6.45) is 4.01. The molecule has 2 saturated carbocycles. The summed E-state index contributed by atoms with van der Waals surface area (Å²) in [6.45, 7) is 0. The number of nitrogens with one attached hydrogen (secondary N) is 2. The average molecular weight is 395 g/mol. The second kappa shape index (κ2) is 7.02. The largest absolute Gasteiger partial charge is 0.378 e. The average Bonchev–Trinajstić information content (AvgIpc) is 3.42. The molecule has 3 aromatic rings. The fourth-order valence-electron chi connectivity index (χ4n) is 6.34. The van der Waals surface area contributed by atoms with E-state index in [1.807, 2.05) is 36.4 Å². The normalized spacial score (nSPS) is 28.3. The van der Waals surface area contributed by atoms with Gasteiger partial charge in [-0.3, -0.25) is 4.79 Å². The van der Waals surface area contributed by atoms with Crippen LogP contribution < -0.4 is 10.6 Å². The van der Waals surface area contributed by atoms with E-state index >= 15 is 0 Å². The van der Waals surface area contributed by atoms with Crippen LogP contribution in [0.1, 0.15) is 52.7 Å². The van der Waals surface area contributed by atoms with Gasteiger partial charge >= 0.3 is 0 Å². The molecule has 3 aliphatic rings. The first-order chi connectivity index (χ1) is 14.8. The third-order valence-corrected chi connectivity index (χ3v) is 7.54. The molecule has 2 aliphatic carbocycles. The van der Waals surface area contributed by atoms with Crippen molar-refractivity contribution in [3.8, 4) is 0 Å². The number of hydrogen-bond acceptors (Lipinski definition) is 2. The van der Waals surface area contributed by atoms with E-state index in [1.165, 1.54) is 36.1 Å². The van der Waals surface area contributed by atoms with Crippen LogP contribution in [0.2, 0.25) is 0 Å². The number of anilines is 2. The molecule has 0 radical (unpaired) electrons. The molecule has 1 amide bonds. The van der Waals surface area contributed by atoms with Crippen molar-refractivity contribution in [1.29, 1.82) is 0 Å². The molecule has 3 heteroatoms. The molecule has 0 unspecified atom stereocenters. The van der Waals surface area contributed by atoms with Crippen molar-refractivity contribution in [2.45, 2.75) is 31.2 Å². The van der Waals surface area contributed by atoms with Gasteiger partial charge in [0.2, 0.25) is 0 Å². The van der Waals surface area contributed by atoms with E-state index in [0.29, 0.717) is 17.9 Å². The summed E-state index contributed by atoms with van der Waals surface area (Å²) >= 11 is 0. The maximum atomic E-state index is 12.9. The van der Waals surface area contributed by atoms with Crippen molar-refractivity contribution in [1.82, 2.24) is 0 Å². The molecule has 150 valence electrons. The Bertz CT molecular complexity index is 1080. The number of fused-ring (bicyclic) bond motifs is 7. The lowest BCUT2D eigenvalue weighted by Crippen LogP contribution is -2.35. The number of carbonyl (C=O) groups is 1. The molecule has 2 fully saturated rings. The summed E-state index contributed by atoms with van der Waals surface area (Å²) in [5.74, 6) is 2.67. The van der Waals surface area contributed by atoms with Crippen LogP contribution in [0, 0.1) is 17.8 Å². The topological polar surface area (TPSA) is 41.1 Å². The van der Waals surface area contributed by atoms with Gasteiger partial charge in [0.1, 0.15) is 0 Å². The van der Waals surface area contributed by atoms with Gasteiger partial charge in [-0.2, -0.15) is 0 Å². The predicted octanol–water partition coefficient (Wildman–Crippen LogP) is 6.24. The minimum atomic E-state index is -0.0334. The summed E-state index contributed by atoms with van der Waals surface area (Å²) in [6, 6.07) is 27.2. The fourth-order valence-corrected chi connectivity index (χ4v) is 6.34. The van der Waals surface area contributed by atoms with Gasteiger partial charge in [0.15, 0.2) is 0 Å². The van der Waals surface area contributed by atoms with Gasteiger partial charge in [0.05, 0.1) is 6.04 Å². The quantitative estimate of drug-likeness (QED) is 0.552. The van der Waals surface area contributed by atoms with Gasteiger partial charge in [0, 0.05) is 16.9 Å². The molecular formula is C27H26N2O. The van der Waals surface area contributed by atoms with Crippen molar-refractivity contribution >= 4 is 17.3 Å². The number of benzene rings is 3. The van der Waals surface area contributed by atoms with Crippen LogP contribution in [0.5, 0.6) is 0 Å². The van der Waals surface area contributed by atoms with E-state index in [4.69, 9.17) is 0 Å². The Hall–Kier alpha value is -3.07. The lowest BCUT2D eigenvalue weighted by Gasteiger charge is -2.43. The zero-order valence-corrected chi connectivity index (χ0v) is 16.9. The summed E-state index contributed by atoms with van der Waals surface area (Å²) in [5, 5.41) is 6.89. The number of carbonyl (C=O) groups excluding carboxylic acids is 1. The summed E-state index contributed by atoms with van der Waals surface area (Å²) in [7, 11) is 0. The SMILES string of the molecule is O=C(Nc1ccccc1)c1ccc2c(c1)[C@@H]1[C@H]3CC[C@@H](C3)[C@@H]1[C@H](c1ccccc1)N2. The fraction of sp³-hybridized carbons (Fsp3) is 0.296. The van der Waals surface area contributed by atoms with Crippen LogP contribution in [-0.4, -0.2) is 5.91 Å². The predicted molar refractivity (Wildman–Crippen MR) is 121 cm³/mol. The van der Waals surface area contributed by atoms with Crippen LogP contribution in [0.3, 0.4) is 0 Å². The van der Waals surface area contributed by atoms with Gasteiger partial charge in [0.25, 0.3) is 5.91 Å². The molecule has 3 nitrogen and oxygen atoms in total.